The number of phenols is 3. The molecule has 4 N–H and O–H groups in total. The number of ketones is 2. The summed E-state index contributed by atoms with van der Waals surface area (Å²) >= 11 is 0. The fourth-order valence-electron chi connectivity index (χ4n) is 3.45. The van der Waals surface area contributed by atoms with Crippen LogP contribution in [0.2, 0.25) is 0 Å². The van der Waals surface area contributed by atoms with Crippen molar-refractivity contribution < 1.29 is 34.4 Å². The van der Waals surface area contributed by atoms with Crippen molar-refractivity contribution in [3.8, 4) is 34.5 Å². The number of carbonyl (C=O) groups excluding carboxylic acids is 2. The number of hydrogen-bond donors (Lipinski definition) is 4. The van der Waals surface area contributed by atoms with Gasteiger partial charge in [-0.1, -0.05) is 0 Å². The third-order valence-electron chi connectivity index (χ3n) is 4.53. The number of phenolic OH excluding ortho intramolecular Hbond substituents is 3. The van der Waals surface area contributed by atoms with Gasteiger partial charge in [-0.25, -0.2) is 0 Å². The lowest BCUT2D eigenvalue weighted by molar-refractivity contribution is 0.0974. The van der Waals surface area contributed by atoms with Gasteiger partial charge in [0.1, 0.15) is 23.0 Å². The molecule has 8 heteroatoms. The van der Waals surface area contributed by atoms with Crippen LogP contribution in [0.25, 0.3) is 11.3 Å². The summed E-state index contributed by atoms with van der Waals surface area (Å²) in [4.78, 5) is 37.9. The third kappa shape index (κ3) is 2.35. The van der Waals surface area contributed by atoms with E-state index in [-0.39, 0.29) is 33.6 Å². The lowest BCUT2D eigenvalue weighted by Gasteiger charge is -2.23. The van der Waals surface area contributed by atoms with Crippen LogP contribution < -0.4 is 5.43 Å². The minimum atomic E-state index is -0.830. The number of aromatic hydroxyl groups is 4. The van der Waals surface area contributed by atoms with Crippen molar-refractivity contribution in [3.05, 3.63) is 68.4 Å². The van der Waals surface area contributed by atoms with E-state index in [0.29, 0.717) is 5.56 Å². The summed E-state index contributed by atoms with van der Waals surface area (Å²) < 4.78 is 5.16. The van der Waals surface area contributed by atoms with Crippen molar-refractivity contribution in [1.29, 1.82) is 0 Å². The molecule has 0 amide bonds. The fraction of sp³-hybridized carbons (Fsp3) is 0.0500. The first-order valence-corrected chi connectivity index (χ1v) is 8.05. The van der Waals surface area contributed by atoms with E-state index in [1.54, 1.807) is 0 Å². The minimum absolute atomic E-state index is 0.0348. The van der Waals surface area contributed by atoms with Crippen LogP contribution in [-0.4, -0.2) is 32.0 Å². The molecule has 0 bridgehead atoms. The van der Waals surface area contributed by atoms with E-state index in [0.717, 1.165) is 24.3 Å². The van der Waals surface area contributed by atoms with E-state index in [1.807, 2.05) is 0 Å². The van der Waals surface area contributed by atoms with E-state index >= 15 is 0 Å². The van der Waals surface area contributed by atoms with Crippen LogP contribution in [0.1, 0.15) is 37.4 Å². The van der Waals surface area contributed by atoms with Gasteiger partial charge in [0.2, 0.25) is 5.78 Å². The van der Waals surface area contributed by atoms with Crippen LogP contribution in [0.5, 0.6) is 23.2 Å². The monoisotopic (exact) mass is 380 g/mol. The molecule has 0 spiro atoms. The Balaban J connectivity index is 2.13. The molecule has 0 aliphatic heterocycles. The van der Waals surface area contributed by atoms with Gasteiger partial charge in [-0.15, -0.1) is 0 Å². The number of fused-ring (bicyclic) bond motifs is 2. The predicted octanol–water partition coefficient (Wildman–Crippen LogP) is 2.21. The van der Waals surface area contributed by atoms with Gasteiger partial charge in [-0.3, -0.25) is 14.4 Å². The molecule has 1 aliphatic carbocycles. The van der Waals surface area contributed by atoms with Gasteiger partial charge < -0.3 is 24.8 Å². The zero-order chi connectivity index (χ0) is 20.3. The molecule has 1 aromatic heterocycles. The van der Waals surface area contributed by atoms with Gasteiger partial charge in [0, 0.05) is 28.8 Å². The van der Waals surface area contributed by atoms with Gasteiger partial charge in [-0.05, 0) is 24.6 Å². The van der Waals surface area contributed by atoms with E-state index in [9.17, 15) is 34.8 Å². The summed E-state index contributed by atoms with van der Waals surface area (Å²) in [5.74, 6) is -3.98. The largest absolute Gasteiger partial charge is 0.508 e. The molecule has 0 saturated carbocycles. The van der Waals surface area contributed by atoms with E-state index in [1.165, 1.54) is 13.0 Å². The molecule has 0 saturated heterocycles. The lowest BCUT2D eigenvalue weighted by atomic mass is 9.79. The van der Waals surface area contributed by atoms with Crippen molar-refractivity contribution in [2.45, 2.75) is 6.92 Å². The molecule has 3 aromatic rings. The molecule has 0 radical (unpaired) electrons. The van der Waals surface area contributed by atoms with Crippen molar-refractivity contribution in [1.82, 2.24) is 0 Å². The number of benzene rings is 2. The molecular formula is C20H12O8. The van der Waals surface area contributed by atoms with Crippen molar-refractivity contribution in [2.75, 3.05) is 0 Å². The maximum absolute atomic E-state index is 13.2. The topological polar surface area (TPSA) is 145 Å². The number of carbonyl (C=O) groups is 2. The Kier molecular flexibility index (Phi) is 3.54. The van der Waals surface area contributed by atoms with Gasteiger partial charge in [0.25, 0.3) is 5.95 Å². The van der Waals surface area contributed by atoms with Crippen LogP contribution >= 0.6 is 0 Å². The number of hydrogen-bond acceptors (Lipinski definition) is 8. The third-order valence-corrected chi connectivity index (χ3v) is 4.53. The summed E-state index contributed by atoms with van der Waals surface area (Å²) in [5, 5.41) is 39.7. The normalized spacial score (nSPS) is 12.6. The van der Waals surface area contributed by atoms with E-state index in [4.69, 9.17) is 4.42 Å². The number of aryl methyl sites for hydroxylation is 1. The molecule has 1 aliphatic rings. The van der Waals surface area contributed by atoms with Crippen LogP contribution in [0, 0.1) is 6.92 Å². The smallest absolute Gasteiger partial charge is 0.286 e. The van der Waals surface area contributed by atoms with Gasteiger partial charge >= 0.3 is 0 Å². The molecule has 4 rings (SSSR count). The molecule has 140 valence electrons. The summed E-state index contributed by atoms with van der Waals surface area (Å²) in [6.07, 6.45) is 0. The Hall–Kier alpha value is -4.07. The highest BCUT2D eigenvalue weighted by Crippen LogP contribution is 2.43. The van der Waals surface area contributed by atoms with Crippen LogP contribution in [-0.2, 0) is 0 Å². The summed E-state index contributed by atoms with van der Waals surface area (Å²) in [5.41, 5.74) is -1.49. The van der Waals surface area contributed by atoms with Gasteiger partial charge in [-0.2, -0.15) is 0 Å². The molecule has 0 unspecified atom stereocenters. The zero-order valence-corrected chi connectivity index (χ0v) is 14.3. The lowest BCUT2D eigenvalue weighted by Crippen LogP contribution is -2.23. The maximum atomic E-state index is 13.2. The van der Waals surface area contributed by atoms with Crippen molar-refractivity contribution in [3.63, 3.8) is 0 Å². The summed E-state index contributed by atoms with van der Waals surface area (Å²) in [6.45, 7) is 1.52. The second kappa shape index (κ2) is 5.71. The van der Waals surface area contributed by atoms with Crippen LogP contribution in [0.4, 0.5) is 0 Å². The fourth-order valence-corrected chi connectivity index (χ4v) is 3.45. The SMILES string of the molecule is Cc1cc(O)c2c(c1-c1cc(=O)cc(O)o1)C(=O)c1cc(O)cc(O)c1C2=O. The Morgan fingerprint density at radius 1 is 0.714 bits per heavy atom. The van der Waals surface area contributed by atoms with E-state index < -0.39 is 40.2 Å². The Morgan fingerprint density at radius 3 is 2.07 bits per heavy atom. The zero-order valence-electron chi connectivity index (χ0n) is 14.3. The highest BCUT2D eigenvalue weighted by atomic mass is 16.5. The molecular weight excluding hydrogens is 368 g/mol. The first-order valence-electron chi connectivity index (χ1n) is 8.05. The highest BCUT2D eigenvalue weighted by molar-refractivity contribution is 6.32. The Bertz CT molecular complexity index is 1270. The molecule has 0 fully saturated rings. The van der Waals surface area contributed by atoms with Crippen LogP contribution in [0.15, 0.2) is 39.5 Å². The molecule has 2 aromatic carbocycles. The maximum Gasteiger partial charge on any atom is 0.286 e. The average Bonchev–Trinajstić information content (AvgIpc) is 2.57. The minimum Gasteiger partial charge on any atom is -0.508 e. The number of rotatable bonds is 1. The van der Waals surface area contributed by atoms with Crippen LogP contribution in [0.3, 0.4) is 0 Å². The second-order valence-corrected chi connectivity index (χ2v) is 6.38. The average molecular weight is 380 g/mol. The Morgan fingerprint density at radius 2 is 1.39 bits per heavy atom. The van der Waals surface area contributed by atoms with Crippen molar-refractivity contribution in [2.24, 2.45) is 0 Å². The summed E-state index contributed by atoms with van der Waals surface area (Å²) in [6, 6.07) is 5.03. The molecule has 0 atom stereocenters. The van der Waals surface area contributed by atoms with Gasteiger partial charge in [0.05, 0.1) is 17.2 Å². The molecule has 8 nitrogen and oxygen atoms in total. The van der Waals surface area contributed by atoms with Crippen molar-refractivity contribution >= 4 is 11.6 Å². The molecule has 1 heterocycles. The standard InChI is InChI=1S/C20H12O8/c1-7-2-11(23)17-18(15(7)13-5-9(22)6-14(25)28-13)19(26)10-3-8(21)4-12(24)16(10)20(17)27/h2-6,21,23-25H,1H3. The predicted molar refractivity (Wildman–Crippen MR) is 95.1 cm³/mol. The first kappa shape index (κ1) is 17.3. The second-order valence-electron chi connectivity index (χ2n) is 6.38. The van der Waals surface area contributed by atoms with Gasteiger partial charge in [0.15, 0.2) is 11.2 Å². The Labute approximate surface area is 156 Å². The summed E-state index contributed by atoms with van der Waals surface area (Å²) in [7, 11) is 0. The van der Waals surface area contributed by atoms with E-state index in [2.05, 4.69) is 0 Å². The highest BCUT2D eigenvalue weighted by Gasteiger charge is 2.38. The molecule has 28 heavy (non-hydrogen) atoms. The quantitative estimate of drug-likeness (QED) is 0.393. The first-order chi connectivity index (χ1) is 13.2.